The third-order valence-electron chi connectivity index (χ3n) is 3.64. The molecular formula is C18H21NO3S. The Kier molecular flexibility index (Phi) is 6.35. The van der Waals surface area contributed by atoms with Crippen molar-refractivity contribution in [2.24, 2.45) is 0 Å². The molecule has 1 amide bonds. The molecule has 4 nitrogen and oxygen atoms in total. The van der Waals surface area contributed by atoms with Gasteiger partial charge in [0.2, 0.25) is 0 Å². The highest BCUT2D eigenvalue weighted by atomic mass is 32.1. The Hall–Kier alpha value is -2.14. The van der Waals surface area contributed by atoms with Gasteiger partial charge in [0, 0.05) is 10.6 Å². The summed E-state index contributed by atoms with van der Waals surface area (Å²) < 4.78 is 4.98. The van der Waals surface area contributed by atoms with Gasteiger partial charge in [-0.2, -0.15) is 0 Å². The van der Waals surface area contributed by atoms with Crippen LogP contribution >= 0.6 is 11.3 Å². The van der Waals surface area contributed by atoms with Crippen molar-refractivity contribution < 1.29 is 14.3 Å². The van der Waals surface area contributed by atoms with Gasteiger partial charge in [0.25, 0.3) is 5.91 Å². The van der Waals surface area contributed by atoms with Crippen molar-refractivity contribution in [1.29, 1.82) is 0 Å². The molecule has 122 valence electrons. The molecule has 2 aromatic rings. The number of esters is 1. The van der Waals surface area contributed by atoms with E-state index in [2.05, 4.69) is 19.2 Å². The number of amides is 1. The van der Waals surface area contributed by atoms with E-state index in [1.807, 2.05) is 41.8 Å². The van der Waals surface area contributed by atoms with Crippen LogP contribution in [0.3, 0.4) is 0 Å². The van der Waals surface area contributed by atoms with Gasteiger partial charge in [-0.25, -0.2) is 0 Å². The Morgan fingerprint density at radius 1 is 1.22 bits per heavy atom. The topological polar surface area (TPSA) is 55.4 Å². The van der Waals surface area contributed by atoms with E-state index in [1.54, 1.807) is 0 Å². The first-order valence-electron chi connectivity index (χ1n) is 7.66. The average Bonchev–Trinajstić information content (AvgIpc) is 3.06. The summed E-state index contributed by atoms with van der Waals surface area (Å²) in [6.07, 6.45) is 1.28. The Morgan fingerprint density at radius 2 is 1.96 bits per heavy atom. The summed E-state index contributed by atoms with van der Waals surface area (Å²) >= 11 is 1.49. The van der Waals surface area contributed by atoms with Crippen molar-refractivity contribution in [3.8, 4) is 0 Å². The monoisotopic (exact) mass is 331 g/mol. The summed E-state index contributed by atoms with van der Waals surface area (Å²) in [7, 11) is 0. The van der Waals surface area contributed by atoms with Crippen molar-refractivity contribution in [3.63, 3.8) is 0 Å². The average molecular weight is 331 g/mol. The maximum atomic E-state index is 11.8. The minimum Gasteiger partial charge on any atom is -0.455 e. The first kappa shape index (κ1) is 17.2. The number of carbonyl (C=O) groups excluding carboxylic acids is 2. The first-order chi connectivity index (χ1) is 11.1. The number of ether oxygens (including phenoxy) is 1. The molecule has 0 fully saturated rings. The lowest BCUT2D eigenvalue weighted by atomic mass is 9.99. The minimum absolute atomic E-state index is 0.203. The fourth-order valence-corrected chi connectivity index (χ4v) is 2.77. The van der Waals surface area contributed by atoms with Gasteiger partial charge in [0.05, 0.1) is 6.42 Å². The number of anilines is 1. The van der Waals surface area contributed by atoms with Gasteiger partial charge in [0.15, 0.2) is 6.61 Å². The molecule has 1 heterocycles. The molecule has 0 aliphatic heterocycles. The number of carbonyl (C=O) groups is 2. The molecule has 0 radical (unpaired) electrons. The zero-order chi connectivity index (χ0) is 16.7. The molecule has 1 aromatic heterocycles. The molecule has 1 N–H and O–H groups in total. The van der Waals surface area contributed by atoms with Crippen molar-refractivity contribution in [3.05, 3.63) is 52.2 Å². The molecule has 2 rings (SSSR count). The molecule has 0 saturated heterocycles. The van der Waals surface area contributed by atoms with E-state index in [9.17, 15) is 9.59 Å². The van der Waals surface area contributed by atoms with Crippen LogP contribution in [0.1, 0.15) is 36.6 Å². The summed E-state index contributed by atoms with van der Waals surface area (Å²) in [4.78, 5) is 24.4. The van der Waals surface area contributed by atoms with Crippen LogP contribution < -0.4 is 5.32 Å². The summed E-state index contributed by atoms with van der Waals surface area (Å²) in [5.74, 6) is -0.228. The summed E-state index contributed by atoms with van der Waals surface area (Å²) in [6.45, 7) is 4.04. The highest BCUT2D eigenvalue weighted by molar-refractivity contribution is 7.10. The van der Waals surface area contributed by atoms with Gasteiger partial charge >= 0.3 is 5.97 Å². The quantitative estimate of drug-likeness (QED) is 0.781. The molecule has 0 aliphatic carbocycles. The smallest absolute Gasteiger partial charge is 0.311 e. The Balaban J connectivity index is 1.77. The number of nitrogens with one attached hydrogen (secondary N) is 1. The summed E-state index contributed by atoms with van der Waals surface area (Å²) in [5.41, 5.74) is 1.95. The molecule has 1 atom stereocenters. The van der Waals surface area contributed by atoms with E-state index in [-0.39, 0.29) is 18.9 Å². The number of hydrogen-bond donors (Lipinski definition) is 1. The molecule has 0 aliphatic rings. The molecule has 23 heavy (non-hydrogen) atoms. The van der Waals surface area contributed by atoms with Crippen LogP contribution in [0.4, 0.5) is 5.69 Å². The normalized spacial score (nSPS) is 11.7. The second-order valence-corrected chi connectivity index (χ2v) is 6.43. The lowest BCUT2D eigenvalue weighted by Crippen LogP contribution is -2.21. The lowest BCUT2D eigenvalue weighted by Gasteiger charge is -2.10. The van der Waals surface area contributed by atoms with Gasteiger partial charge < -0.3 is 10.1 Å². The summed E-state index contributed by atoms with van der Waals surface area (Å²) in [5, 5.41) is 4.63. The molecule has 1 aromatic carbocycles. The van der Waals surface area contributed by atoms with E-state index in [0.29, 0.717) is 11.6 Å². The van der Waals surface area contributed by atoms with Crippen LogP contribution in [0.5, 0.6) is 0 Å². The fourth-order valence-electron chi connectivity index (χ4n) is 2.08. The van der Waals surface area contributed by atoms with E-state index in [0.717, 1.165) is 11.3 Å². The van der Waals surface area contributed by atoms with Crippen molar-refractivity contribution in [2.45, 2.75) is 32.6 Å². The van der Waals surface area contributed by atoms with Gasteiger partial charge in [-0.05, 0) is 41.5 Å². The third kappa shape index (κ3) is 5.53. The SMILES string of the molecule is CC[C@H](C)c1ccc(NC(=O)COC(=O)Cc2cccs2)cc1. The Labute approximate surface area is 140 Å². The molecule has 0 saturated carbocycles. The highest BCUT2D eigenvalue weighted by Gasteiger charge is 2.10. The summed E-state index contributed by atoms with van der Waals surface area (Å²) in [6, 6.07) is 11.5. The number of rotatable bonds is 7. The maximum absolute atomic E-state index is 11.8. The second kappa shape index (κ2) is 8.48. The van der Waals surface area contributed by atoms with E-state index >= 15 is 0 Å². The number of benzene rings is 1. The third-order valence-corrected chi connectivity index (χ3v) is 4.52. The van der Waals surface area contributed by atoms with E-state index in [4.69, 9.17) is 4.74 Å². The Morgan fingerprint density at radius 3 is 2.57 bits per heavy atom. The number of hydrogen-bond acceptors (Lipinski definition) is 4. The predicted octanol–water partition coefficient (Wildman–Crippen LogP) is 3.99. The van der Waals surface area contributed by atoms with E-state index < -0.39 is 5.97 Å². The van der Waals surface area contributed by atoms with Crippen LogP contribution in [0.2, 0.25) is 0 Å². The lowest BCUT2D eigenvalue weighted by molar-refractivity contribution is -0.146. The van der Waals surface area contributed by atoms with Gasteiger partial charge in [0.1, 0.15) is 0 Å². The van der Waals surface area contributed by atoms with Crippen LogP contribution in [0.25, 0.3) is 0 Å². The van der Waals surface area contributed by atoms with Crippen LogP contribution in [0.15, 0.2) is 41.8 Å². The largest absolute Gasteiger partial charge is 0.455 e. The standard InChI is InChI=1S/C18H21NO3S/c1-3-13(2)14-6-8-15(9-7-14)19-17(20)12-22-18(21)11-16-5-4-10-23-16/h4-10,13H,3,11-12H2,1-2H3,(H,19,20)/t13-/m0/s1. The number of thiophene rings is 1. The molecule has 0 bridgehead atoms. The maximum Gasteiger partial charge on any atom is 0.311 e. The van der Waals surface area contributed by atoms with Gasteiger partial charge in [-0.15, -0.1) is 11.3 Å². The minimum atomic E-state index is -0.394. The first-order valence-corrected chi connectivity index (χ1v) is 8.54. The van der Waals surface area contributed by atoms with Gasteiger partial charge in [-0.3, -0.25) is 9.59 Å². The Bertz CT molecular complexity index is 635. The van der Waals surface area contributed by atoms with Crippen LogP contribution in [0, 0.1) is 0 Å². The molecule has 0 unspecified atom stereocenters. The fraction of sp³-hybridized carbons (Fsp3) is 0.333. The zero-order valence-corrected chi connectivity index (χ0v) is 14.2. The molecule has 0 spiro atoms. The molecule has 5 heteroatoms. The van der Waals surface area contributed by atoms with Crippen LogP contribution in [-0.4, -0.2) is 18.5 Å². The van der Waals surface area contributed by atoms with Crippen molar-refractivity contribution in [2.75, 3.05) is 11.9 Å². The second-order valence-electron chi connectivity index (χ2n) is 5.40. The van der Waals surface area contributed by atoms with E-state index in [1.165, 1.54) is 16.9 Å². The highest BCUT2D eigenvalue weighted by Crippen LogP contribution is 2.20. The van der Waals surface area contributed by atoms with Crippen molar-refractivity contribution in [1.82, 2.24) is 0 Å². The van der Waals surface area contributed by atoms with Gasteiger partial charge in [-0.1, -0.05) is 32.0 Å². The predicted molar refractivity (Wildman–Crippen MR) is 92.8 cm³/mol. The molecular weight excluding hydrogens is 310 g/mol. The zero-order valence-electron chi connectivity index (χ0n) is 13.4. The van der Waals surface area contributed by atoms with Crippen LogP contribution in [-0.2, 0) is 20.7 Å². The van der Waals surface area contributed by atoms with Crippen molar-refractivity contribution >= 4 is 28.9 Å².